The van der Waals surface area contributed by atoms with Gasteiger partial charge >= 0.3 is 0 Å². The number of thiophene rings is 1. The maximum absolute atomic E-state index is 12.4. The molecular formula is C19H21N3O2S2. The minimum Gasteiger partial charge on any atom is -0.340 e. The third kappa shape index (κ3) is 4.05. The Kier molecular flexibility index (Phi) is 5.29. The summed E-state index contributed by atoms with van der Waals surface area (Å²) in [5, 5.41) is 3.26. The van der Waals surface area contributed by atoms with Crippen LogP contribution in [0.25, 0.3) is 0 Å². The number of pyridine rings is 1. The van der Waals surface area contributed by atoms with Crippen molar-refractivity contribution in [1.82, 2.24) is 4.98 Å². The number of sulfonamides is 1. The normalized spacial score (nSPS) is 11.3. The Hall–Kier alpha value is -2.38. The van der Waals surface area contributed by atoms with Crippen LogP contribution in [0.5, 0.6) is 0 Å². The lowest BCUT2D eigenvalue weighted by atomic mass is 10.1. The second-order valence-corrected chi connectivity index (χ2v) is 9.06. The Balaban J connectivity index is 1.74. The first-order chi connectivity index (χ1) is 12.4. The fraction of sp³-hybridized carbons (Fsp3) is 0.211. The zero-order chi connectivity index (χ0) is 18.7. The molecule has 0 bridgehead atoms. The first-order valence-electron chi connectivity index (χ1n) is 8.30. The van der Waals surface area contributed by atoms with E-state index in [-0.39, 0.29) is 0 Å². The molecule has 3 aromatic rings. The number of hydrogen-bond acceptors (Lipinski definition) is 5. The summed E-state index contributed by atoms with van der Waals surface area (Å²) < 4.78 is 27.8. The summed E-state index contributed by atoms with van der Waals surface area (Å²) in [5.74, 6) is 0.658. The predicted molar refractivity (Wildman–Crippen MR) is 108 cm³/mol. The van der Waals surface area contributed by atoms with E-state index in [1.165, 1.54) is 23.1 Å². The fourth-order valence-corrected chi connectivity index (χ4v) is 4.79. The Bertz CT molecular complexity index is 1010. The van der Waals surface area contributed by atoms with Gasteiger partial charge in [-0.05, 0) is 61.7 Å². The molecular weight excluding hydrogens is 366 g/mol. The topological polar surface area (TPSA) is 71.1 Å². The molecule has 0 saturated carbocycles. The lowest BCUT2D eigenvalue weighted by molar-refractivity contribution is 0.603. The summed E-state index contributed by atoms with van der Waals surface area (Å²) in [6.07, 6.45) is 2.33. The molecule has 0 amide bonds. The summed E-state index contributed by atoms with van der Waals surface area (Å²) in [6.45, 7) is 6.10. The Morgan fingerprint density at radius 3 is 2.54 bits per heavy atom. The van der Waals surface area contributed by atoms with E-state index in [1.807, 2.05) is 32.0 Å². The largest absolute Gasteiger partial charge is 0.340 e. The number of rotatable bonds is 6. The van der Waals surface area contributed by atoms with Crippen LogP contribution in [0, 0.1) is 13.8 Å². The summed E-state index contributed by atoms with van der Waals surface area (Å²) >= 11 is 1.28. The quantitative estimate of drug-likeness (QED) is 0.633. The van der Waals surface area contributed by atoms with Crippen LogP contribution in [0.3, 0.4) is 0 Å². The van der Waals surface area contributed by atoms with Gasteiger partial charge in [-0.1, -0.05) is 19.1 Å². The number of aromatic nitrogens is 1. The van der Waals surface area contributed by atoms with E-state index in [0.717, 1.165) is 22.5 Å². The van der Waals surface area contributed by atoms with Crippen LogP contribution in [0.15, 0.2) is 52.9 Å². The molecule has 7 heteroatoms. The van der Waals surface area contributed by atoms with E-state index in [2.05, 4.69) is 28.0 Å². The summed E-state index contributed by atoms with van der Waals surface area (Å²) in [6, 6.07) is 13.0. The number of hydrogen-bond donors (Lipinski definition) is 2. The second kappa shape index (κ2) is 7.47. The zero-order valence-corrected chi connectivity index (χ0v) is 16.5. The van der Waals surface area contributed by atoms with Crippen LogP contribution in [0.1, 0.15) is 22.9 Å². The molecule has 136 valence electrons. The van der Waals surface area contributed by atoms with Crippen molar-refractivity contribution < 1.29 is 8.42 Å². The van der Waals surface area contributed by atoms with Gasteiger partial charge in [0.2, 0.25) is 0 Å². The van der Waals surface area contributed by atoms with Crippen molar-refractivity contribution in [2.45, 2.75) is 31.4 Å². The molecule has 2 heterocycles. The highest BCUT2D eigenvalue weighted by Gasteiger charge is 2.17. The molecule has 3 rings (SSSR count). The standard InChI is InChI=1S/C19H21N3O2S2/c1-4-16-9-11-19(25-16)26(23,24)22-15-8-10-18(20-12-15)21-17-7-5-6-13(2)14(17)3/h5-12,22H,4H2,1-3H3,(H,20,21). The maximum atomic E-state index is 12.4. The second-order valence-electron chi connectivity index (χ2n) is 5.98. The van der Waals surface area contributed by atoms with Gasteiger partial charge in [0.05, 0.1) is 11.9 Å². The van der Waals surface area contributed by atoms with Crippen molar-refractivity contribution in [3.63, 3.8) is 0 Å². The molecule has 1 aromatic carbocycles. The van der Waals surface area contributed by atoms with Gasteiger partial charge in [-0.2, -0.15) is 0 Å². The van der Waals surface area contributed by atoms with Gasteiger partial charge in [0, 0.05) is 10.6 Å². The average molecular weight is 388 g/mol. The Morgan fingerprint density at radius 1 is 1.08 bits per heavy atom. The van der Waals surface area contributed by atoms with Crippen LogP contribution in [-0.4, -0.2) is 13.4 Å². The predicted octanol–water partition coefficient (Wildman–Crippen LogP) is 4.87. The van der Waals surface area contributed by atoms with Gasteiger partial charge in [0.25, 0.3) is 10.0 Å². The molecule has 0 radical (unpaired) electrons. The number of nitrogens with zero attached hydrogens (tertiary/aromatic N) is 1. The van der Waals surface area contributed by atoms with Crippen molar-refractivity contribution in [1.29, 1.82) is 0 Å². The fourth-order valence-electron chi connectivity index (χ4n) is 2.45. The van der Waals surface area contributed by atoms with E-state index in [1.54, 1.807) is 18.2 Å². The third-order valence-corrected chi connectivity index (χ3v) is 7.24. The Labute approximate surface area is 158 Å². The maximum Gasteiger partial charge on any atom is 0.271 e. The number of nitrogens with one attached hydrogen (secondary N) is 2. The zero-order valence-electron chi connectivity index (χ0n) is 14.9. The van der Waals surface area contributed by atoms with Gasteiger partial charge < -0.3 is 5.32 Å². The summed E-state index contributed by atoms with van der Waals surface area (Å²) in [4.78, 5) is 5.35. The first-order valence-corrected chi connectivity index (χ1v) is 10.6. The lowest BCUT2D eigenvalue weighted by Crippen LogP contribution is -2.11. The van der Waals surface area contributed by atoms with Crippen molar-refractivity contribution in [3.05, 3.63) is 64.7 Å². The molecule has 0 atom stereocenters. The highest BCUT2D eigenvalue weighted by atomic mass is 32.2. The third-order valence-electron chi connectivity index (χ3n) is 4.13. The highest BCUT2D eigenvalue weighted by molar-refractivity contribution is 7.94. The van der Waals surface area contributed by atoms with E-state index in [4.69, 9.17) is 0 Å². The van der Waals surface area contributed by atoms with Crippen molar-refractivity contribution in [2.24, 2.45) is 0 Å². The molecule has 26 heavy (non-hydrogen) atoms. The van der Waals surface area contributed by atoms with Crippen LogP contribution >= 0.6 is 11.3 Å². The van der Waals surface area contributed by atoms with E-state index >= 15 is 0 Å². The summed E-state index contributed by atoms with van der Waals surface area (Å²) in [5.41, 5.74) is 3.77. The summed E-state index contributed by atoms with van der Waals surface area (Å²) in [7, 11) is -3.58. The van der Waals surface area contributed by atoms with Crippen LogP contribution in [-0.2, 0) is 16.4 Å². The number of aryl methyl sites for hydroxylation is 2. The molecule has 2 N–H and O–H groups in total. The van der Waals surface area contributed by atoms with E-state index in [9.17, 15) is 8.42 Å². The number of benzene rings is 1. The van der Waals surface area contributed by atoms with Crippen molar-refractivity contribution in [3.8, 4) is 0 Å². The molecule has 0 spiro atoms. The first kappa shape index (κ1) is 18.4. The minimum absolute atomic E-state index is 0.312. The lowest BCUT2D eigenvalue weighted by Gasteiger charge is -2.11. The van der Waals surface area contributed by atoms with Gasteiger partial charge in [-0.25, -0.2) is 13.4 Å². The van der Waals surface area contributed by atoms with E-state index < -0.39 is 10.0 Å². The van der Waals surface area contributed by atoms with Gasteiger partial charge in [-0.3, -0.25) is 4.72 Å². The molecule has 0 aliphatic heterocycles. The van der Waals surface area contributed by atoms with Crippen LogP contribution in [0.2, 0.25) is 0 Å². The molecule has 0 fully saturated rings. The number of anilines is 3. The smallest absolute Gasteiger partial charge is 0.271 e. The van der Waals surface area contributed by atoms with Crippen LogP contribution in [0.4, 0.5) is 17.2 Å². The minimum atomic E-state index is -3.58. The molecule has 0 aliphatic rings. The molecule has 0 aliphatic carbocycles. The van der Waals surface area contributed by atoms with Gasteiger partial charge in [-0.15, -0.1) is 11.3 Å². The highest BCUT2D eigenvalue weighted by Crippen LogP contribution is 2.25. The monoisotopic (exact) mass is 387 g/mol. The van der Waals surface area contributed by atoms with Crippen molar-refractivity contribution in [2.75, 3.05) is 10.0 Å². The molecule has 0 saturated heterocycles. The Morgan fingerprint density at radius 2 is 1.88 bits per heavy atom. The SMILES string of the molecule is CCc1ccc(S(=O)(=O)Nc2ccc(Nc3cccc(C)c3C)nc2)s1. The van der Waals surface area contributed by atoms with Gasteiger partial charge in [0.15, 0.2) is 0 Å². The molecule has 0 unspecified atom stereocenters. The molecule has 2 aromatic heterocycles. The van der Waals surface area contributed by atoms with Crippen molar-refractivity contribution >= 4 is 38.6 Å². The van der Waals surface area contributed by atoms with Crippen LogP contribution < -0.4 is 10.0 Å². The average Bonchev–Trinajstić information content (AvgIpc) is 3.11. The van der Waals surface area contributed by atoms with E-state index in [0.29, 0.717) is 15.7 Å². The van der Waals surface area contributed by atoms with Gasteiger partial charge in [0.1, 0.15) is 10.0 Å². The molecule has 5 nitrogen and oxygen atoms in total.